The Balaban J connectivity index is 2.07. The van der Waals surface area contributed by atoms with Gasteiger partial charge in [-0.3, -0.25) is 0 Å². The van der Waals surface area contributed by atoms with Gasteiger partial charge in [0, 0.05) is 15.5 Å². The second-order valence-electron chi connectivity index (χ2n) is 4.06. The van der Waals surface area contributed by atoms with Gasteiger partial charge < -0.3 is 5.32 Å². The zero-order chi connectivity index (χ0) is 12.3. The summed E-state index contributed by atoms with van der Waals surface area (Å²) < 4.78 is 0. The second kappa shape index (κ2) is 5.61. The monoisotopic (exact) mass is 263 g/mol. The van der Waals surface area contributed by atoms with Crippen LogP contribution in [-0.2, 0) is 0 Å². The molecule has 0 spiro atoms. The van der Waals surface area contributed by atoms with Crippen molar-refractivity contribution >= 4 is 28.8 Å². The Kier molecular flexibility index (Phi) is 4.13. The van der Waals surface area contributed by atoms with Crippen molar-refractivity contribution < 1.29 is 0 Å². The van der Waals surface area contributed by atoms with E-state index in [-0.39, 0.29) is 0 Å². The third-order valence-electron chi connectivity index (χ3n) is 2.77. The van der Waals surface area contributed by atoms with Gasteiger partial charge in [-0.1, -0.05) is 0 Å². The fourth-order valence-electron chi connectivity index (χ4n) is 1.83. The SMILES string of the molecule is CSc1ccc(NC(C)c2sccc2C)cc1. The molecule has 0 fully saturated rings. The first-order valence-electron chi connectivity index (χ1n) is 5.65. The van der Waals surface area contributed by atoms with Crippen LogP contribution in [0.2, 0.25) is 0 Å². The normalized spacial score (nSPS) is 12.4. The van der Waals surface area contributed by atoms with E-state index in [4.69, 9.17) is 0 Å². The molecule has 0 radical (unpaired) electrons. The van der Waals surface area contributed by atoms with Crippen molar-refractivity contribution in [1.82, 2.24) is 0 Å². The Labute approximate surface area is 111 Å². The smallest absolute Gasteiger partial charge is 0.0581 e. The zero-order valence-corrected chi connectivity index (χ0v) is 12.0. The van der Waals surface area contributed by atoms with Gasteiger partial charge in [-0.2, -0.15) is 0 Å². The molecule has 0 aliphatic heterocycles. The Morgan fingerprint density at radius 2 is 1.88 bits per heavy atom. The zero-order valence-electron chi connectivity index (χ0n) is 10.4. The van der Waals surface area contributed by atoms with Gasteiger partial charge in [0.1, 0.15) is 0 Å². The van der Waals surface area contributed by atoms with Crippen LogP contribution in [0.1, 0.15) is 23.4 Å². The molecule has 1 aromatic heterocycles. The number of aryl methyl sites for hydroxylation is 1. The van der Waals surface area contributed by atoms with E-state index in [9.17, 15) is 0 Å². The lowest BCUT2D eigenvalue weighted by molar-refractivity contribution is 0.899. The molecule has 1 heterocycles. The van der Waals surface area contributed by atoms with E-state index in [1.54, 1.807) is 11.8 Å². The quantitative estimate of drug-likeness (QED) is 0.783. The number of hydrogen-bond acceptors (Lipinski definition) is 3. The maximum Gasteiger partial charge on any atom is 0.0581 e. The Morgan fingerprint density at radius 1 is 1.18 bits per heavy atom. The summed E-state index contributed by atoms with van der Waals surface area (Å²) in [6.07, 6.45) is 2.10. The predicted octanol–water partition coefficient (Wildman–Crippen LogP) is 4.95. The van der Waals surface area contributed by atoms with Gasteiger partial charge in [-0.25, -0.2) is 0 Å². The molecule has 0 saturated heterocycles. The summed E-state index contributed by atoms with van der Waals surface area (Å²) in [6, 6.07) is 11.1. The van der Waals surface area contributed by atoms with Crippen molar-refractivity contribution in [2.75, 3.05) is 11.6 Å². The van der Waals surface area contributed by atoms with E-state index in [0.717, 1.165) is 0 Å². The first kappa shape index (κ1) is 12.5. The highest BCUT2D eigenvalue weighted by Crippen LogP contribution is 2.27. The van der Waals surface area contributed by atoms with E-state index >= 15 is 0 Å². The molecule has 0 aliphatic carbocycles. The van der Waals surface area contributed by atoms with Crippen molar-refractivity contribution in [3.05, 3.63) is 46.2 Å². The molecule has 2 aromatic rings. The van der Waals surface area contributed by atoms with Gasteiger partial charge in [0.25, 0.3) is 0 Å². The number of anilines is 1. The van der Waals surface area contributed by atoms with Crippen LogP contribution in [0.3, 0.4) is 0 Å². The molecule has 1 nitrogen and oxygen atoms in total. The highest BCUT2D eigenvalue weighted by molar-refractivity contribution is 7.98. The predicted molar refractivity (Wildman–Crippen MR) is 79.3 cm³/mol. The standard InChI is InChI=1S/C14H17NS2/c1-10-8-9-17-14(10)11(2)15-12-4-6-13(16-3)7-5-12/h4-9,11,15H,1-3H3. The van der Waals surface area contributed by atoms with E-state index < -0.39 is 0 Å². The lowest BCUT2D eigenvalue weighted by atomic mass is 10.2. The molecule has 0 amide bonds. The average Bonchev–Trinajstić information content (AvgIpc) is 2.76. The number of thioether (sulfide) groups is 1. The fourth-order valence-corrected chi connectivity index (χ4v) is 3.17. The van der Waals surface area contributed by atoms with Crippen molar-refractivity contribution in [2.24, 2.45) is 0 Å². The molecule has 1 aromatic carbocycles. The molecule has 0 saturated carbocycles. The van der Waals surface area contributed by atoms with Crippen LogP contribution in [0.5, 0.6) is 0 Å². The number of hydrogen-bond donors (Lipinski definition) is 1. The molecule has 1 atom stereocenters. The van der Waals surface area contributed by atoms with Gasteiger partial charge in [0.05, 0.1) is 6.04 Å². The molecule has 0 bridgehead atoms. The summed E-state index contributed by atoms with van der Waals surface area (Å²) >= 11 is 3.59. The first-order chi connectivity index (χ1) is 8.20. The van der Waals surface area contributed by atoms with Crippen LogP contribution in [0.15, 0.2) is 40.6 Å². The average molecular weight is 263 g/mol. The topological polar surface area (TPSA) is 12.0 Å². The maximum absolute atomic E-state index is 3.54. The Hall–Kier alpha value is -0.930. The van der Waals surface area contributed by atoms with Crippen LogP contribution < -0.4 is 5.32 Å². The van der Waals surface area contributed by atoms with Crippen molar-refractivity contribution in [1.29, 1.82) is 0 Å². The summed E-state index contributed by atoms with van der Waals surface area (Å²) in [5.74, 6) is 0. The van der Waals surface area contributed by atoms with Crippen LogP contribution >= 0.6 is 23.1 Å². The van der Waals surface area contributed by atoms with Crippen LogP contribution in [0.25, 0.3) is 0 Å². The van der Waals surface area contributed by atoms with E-state index in [1.807, 2.05) is 11.3 Å². The van der Waals surface area contributed by atoms with Crippen LogP contribution in [0, 0.1) is 6.92 Å². The summed E-state index contributed by atoms with van der Waals surface area (Å²) in [4.78, 5) is 2.72. The summed E-state index contributed by atoms with van der Waals surface area (Å²) in [5, 5.41) is 5.69. The first-order valence-corrected chi connectivity index (χ1v) is 7.75. The third kappa shape index (κ3) is 3.05. The number of thiophene rings is 1. The van der Waals surface area contributed by atoms with E-state index in [0.29, 0.717) is 6.04 Å². The Morgan fingerprint density at radius 3 is 2.41 bits per heavy atom. The summed E-state index contributed by atoms with van der Waals surface area (Å²) in [5.41, 5.74) is 2.55. The Bertz CT molecular complexity index is 473. The largest absolute Gasteiger partial charge is 0.378 e. The molecule has 1 N–H and O–H groups in total. The van der Waals surface area contributed by atoms with Crippen molar-refractivity contribution in [3.8, 4) is 0 Å². The lowest BCUT2D eigenvalue weighted by Gasteiger charge is -2.15. The highest BCUT2D eigenvalue weighted by Gasteiger charge is 2.09. The van der Waals surface area contributed by atoms with Gasteiger partial charge in [-0.05, 0) is 61.4 Å². The molecule has 3 heteroatoms. The van der Waals surface area contributed by atoms with Gasteiger partial charge in [-0.15, -0.1) is 23.1 Å². The maximum atomic E-state index is 3.54. The molecule has 17 heavy (non-hydrogen) atoms. The number of benzene rings is 1. The summed E-state index contributed by atoms with van der Waals surface area (Å²) in [6.45, 7) is 4.38. The van der Waals surface area contributed by atoms with Gasteiger partial charge in [0.2, 0.25) is 0 Å². The molecule has 0 aliphatic rings. The third-order valence-corrected chi connectivity index (χ3v) is 4.71. The van der Waals surface area contributed by atoms with Crippen LogP contribution in [-0.4, -0.2) is 6.26 Å². The second-order valence-corrected chi connectivity index (χ2v) is 5.89. The van der Waals surface area contributed by atoms with Crippen molar-refractivity contribution in [2.45, 2.75) is 24.8 Å². The highest BCUT2D eigenvalue weighted by atomic mass is 32.2. The molecular formula is C14H17NS2. The number of nitrogens with one attached hydrogen (secondary N) is 1. The lowest BCUT2D eigenvalue weighted by Crippen LogP contribution is -2.05. The fraction of sp³-hybridized carbons (Fsp3) is 0.286. The summed E-state index contributed by atoms with van der Waals surface area (Å²) in [7, 11) is 0. The van der Waals surface area contributed by atoms with E-state index in [2.05, 4.69) is 61.1 Å². The minimum atomic E-state index is 0.370. The number of rotatable bonds is 4. The molecule has 90 valence electrons. The molecule has 2 rings (SSSR count). The van der Waals surface area contributed by atoms with Gasteiger partial charge >= 0.3 is 0 Å². The van der Waals surface area contributed by atoms with Gasteiger partial charge in [0.15, 0.2) is 0 Å². The van der Waals surface area contributed by atoms with Crippen LogP contribution in [0.4, 0.5) is 5.69 Å². The minimum absolute atomic E-state index is 0.370. The van der Waals surface area contributed by atoms with E-state index in [1.165, 1.54) is 21.0 Å². The van der Waals surface area contributed by atoms with Crippen molar-refractivity contribution in [3.63, 3.8) is 0 Å². The molecular weight excluding hydrogens is 246 g/mol. The molecule has 1 unspecified atom stereocenters. The minimum Gasteiger partial charge on any atom is -0.378 e.